The van der Waals surface area contributed by atoms with Crippen LogP contribution in [0.1, 0.15) is 40.0 Å². The molecule has 1 amide bonds. The molecule has 3 rings (SSSR count). The van der Waals surface area contributed by atoms with Gasteiger partial charge in [-0.3, -0.25) is 4.79 Å². The molecule has 30 heavy (non-hydrogen) atoms. The highest BCUT2D eigenvalue weighted by atomic mass is 35.5. The first kappa shape index (κ1) is 22.6. The van der Waals surface area contributed by atoms with E-state index in [1.165, 1.54) is 11.8 Å². The molecule has 1 aliphatic rings. The number of H-pyrrole nitrogens is 1. The van der Waals surface area contributed by atoms with Crippen LogP contribution in [0.25, 0.3) is 10.9 Å². The number of halogens is 2. The molecule has 8 nitrogen and oxygen atoms in total. The summed E-state index contributed by atoms with van der Waals surface area (Å²) in [6.45, 7) is 6.02. The van der Waals surface area contributed by atoms with Crippen LogP contribution in [0.2, 0.25) is 5.15 Å². The van der Waals surface area contributed by atoms with Crippen molar-refractivity contribution < 1.29 is 18.7 Å². The molecule has 0 unspecified atom stereocenters. The van der Waals surface area contributed by atoms with Gasteiger partial charge in [0.2, 0.25) is 5.88 Å². The Labute approximate surface area is 182 Å². The maximum Gasteiger partial charge on any atom is 0.410 e. The summed E-state index contributed by atoms with van der Waals surface area (Å²) in [5, 5.41) is -0.298. The number of nitrogens with one attached hydrogen (secondary N) is 1. The van der Waals surface area contributed by atoms with Crippen molar-refractivity contribution in [1.82, 2.24) is 19.9 Å². The lowest BCUT2D eigenvalue weighted by atomic mass is 10.0. The lowest BCUT2D eigenvalue weighted by Crippen LogP contribution is -2.48. The van der Waals surface area contributed by atoms with Crippen LogP contribution >= 0.6 is 23.4 Å². The summed E-state index contributed by atoms with van der Waals surface area (Å²) in [4.78, 5) is 37.2. The van der Waals surface area contributed by atoms with Gasteiger partial charge in [-0.15, -0.1) is 0 Å². The molecular formula is C19H24ClFN4O4S. The number of likely N-dealkylation sites (tertiary alicyclic amines) is 1. The van der Waals surface area contributed by atoms with Crippen LogP contribution in [-0.4, -0.2) is 57.0 Å². The van der Waals surface area contributed by atoms with E-state index in [4.69, 9.17) is 21.1 Å². The van der Waals surface area contributed by atoms with Crippen LogP contribution < -0.4 is 10.3 Å². The highest BCUT2D eigenvalue weighted by Gasteiger charge is 2.31. The molecule has 0 spiro atoms. The molecule has 164 valence electrons. The summed E-state index contributed by atoms with van der Waals surface area (Å²) >= 11 is 7.07. The van der Waals surface area contributed by atoms with Crippen molar-refractivity contribution >= 4 is 40.4 Å². The zero-order valence-electron chi connectivity index (χ0n) is 17.3. The molecule has 0 radical (unpaired) electrons. The van der Waals surface area contributed by atoms with Gasteiger partial charge in [0.25, 0.3) is 5.56 Å². The van der Waals surface area contributed by atoms with Crippen LogP contribution in [0.4, 0.5) is 9.18 Å². The fraction of sp³-hybridized carbons (Fsp3) is 0.579. The Morgan fingerprint density at radius 3 is 2.77 bits per heavy atom. The van der Waals surface area contributed by atoms with Crippen LogP contribution in [0.5, 0.6) is 5.88 Å². The van der Waals surface area contributed by atoms with E-state index in [-0.39, 0.29) is 34.6 Å². The lowest BCUT2D eigenvalue weighted by Gasteiger charge is -2.36. The fourth-order valence-corrected chi connectivity index (χ4v) is 3.76. The molecule has 1 fully saturated rings. The normalized spacial score (nSPS) is 17.3. The molecule has 1 atom stereocenters. The molecule has 1 N–H and O–H groups in total. The molecule has 1 aliphatic heterocycles. The second-order valence-electron chi connectivity index (χ2n) is 7.95. The summed E-state index contributed by atoms with van der Waals surface area (Å²) in [6, 6.07) is -0.271. The number of carbonyl (C=O) groups excluding carboxylic acids is 1. The van der Waals surface area contributed by atoms with Crippen molar-refractivity contribution in [3.05, 3.63) is 21.3 Å². The van der Waals surface area contributed by atoms with Gasteiger partial charge in [0.05, 0.1) is 6.04 Å². The number of aromatic amines is 1. The summed E-state index contributed by atoms with van der Waals surface area (Å²) in [7, 11) is 0. The van der Waals surface area contributed by atoms with Gasteiger partial charge in [0, 0.05) is 6.54 Å². The third kappa shape index (κ3) is 4.97. The van der Waals surface area contributed by atoms with E-state index >= 15 is 0 Å². The average Bonchev–Trinajstić information content (AvgIpc) is 2.68. The van der Waals surface area contributed by atoms with E-state index in [1.807, 2.05) is 0 Å². The number of piperidine rings is 1. The highest BCUT2D eigenvalue weighted by Crippen LogP contribution is 2.28. The zero-order chi connectivity index (χ0) is 22.1. The van der Waals surface area contributed by atoms with Crippen molar-refractivity contribution in [2.75, 3.05) is 19.4 Å². The molecule has 0 saturated carbocycles. The Balaban J connectivity index is 1.88. The number of fused-ring (bicyclic) bond motifs is 1. The van der Waals surface area contributed by atoms with Gasteiger partial charge in [-0.1, -0.05) is 23.4 Å². The monoisotopic (exact) mass is 458 g/mol. The largest absolute Gasteiger partial charge is 0.475 e. The van der Waals surface area contributed by atoms with Gasteiger partial charge in [-0.05, 0) is 46.3 Å². The standard InChI is InChI=1S/C19H24ClFN4O4S/c1-19(2,3)29-18(27)25-8-6-5-7-10(25)9-28-16-11-13(12(21)14(20)23-16)22-17(30-4)24-15(11)26/h10H,5-9H2,1-4H3,(H,22,24,26)/t10-/m0/s1. The van der Waals surface area contributed by atoms with E-state index in [9.17, 15) is 14.0 Å². The van der Waals surface area contributed by atoms with Crippen LogP contribution in [0.3, 0.4) is 0 Å². The minimum absolute atomic E-state index is 0.0625. The molecule has 3 heterocycles. The molecule has 11 heteroatoms. The Kier molecular flexibility index (Phi) is 6.76. The quantitative estimate of drug-likeness (QED) is 0.420. The van der Waals surface area contributed by atoms with E-state index < -0.39 is 28.2 Å². The second kappa shape index (κ2) is 8.97. The van der Waals surface area contributed by atoms with Crippen molar-refractivity contribution in [1.29, 1.82) is 0 Å². The predicted molar refractivity (Wildman–Crippen MR) is 113 cm³/mol. The van der Waals surface area contributed by atoms with Crippen LogP contribution in [0.15, 0.2) is 9.95 Å². The minimum atomic E-state index is -0.881. The average molecular weight is 459 g/mol. The van der Waals surface area contributed by atoms with Crippen LogP contribution in [0, 0.1) is 5.82 Å². The first-order valence-corrected chi connectivity index (χ1v) is 11.2. The molecule has 0 aromatic carbocycles. The minimum Gasteiger partial charge on any atom is -0.475 e. The van der Waals surface area contributed by atoms with Gasteiger partial charge in [0.15, 0.2) is 16.1 Å². The van der Waals surface area contributed by atoms with Gasteiger partial charge < -0.3 is 19.4 Å². The van der Waals surface area contributed by atoms with E-state index in [0.29, 0.717) is 13.0 Å². The number of aromatic nitrogens is 3. The van der Waals surface area contributed by atoms with Crippen LogP contribution in [-0.2, 0) is 4.74 Å². The molecule has 2 aromatic heterocycles. The number of rotatable bonds is 4. The number of hydrogen-bond donors (Lipinski definition) is 1. The molecule has 1 saturated heterocycles. The van der Waals surface area contributed by atoms with Crippen molar-refractivity contribution in [3.63, 3.8) is 0 Å². The first-order valence-electron chi connectivity index (χ1n) is 9.56. The first-order chi connectivity index (χ1) is 14.1. The molecule has 0 bridgehead atoms. The Bertz CT molecular complexity index is 1010. The number of pyridine rings is 1. The van der Waals surface area contributed by atoms with Gasteiger partial charge in [-0.2, -0.15) is 4.98 Å². The third-order valence-electron chi connectivity index (χ3n) is 4.56. The lowest BCUT2D eigenvalue weighted by molar-refractivity contribution is 0.00344. The summed E-state index contributed by atoms with van der Waals surface area (Å²) < 4.78 is 25.7. The summed E-state index contributed by atoms with van der Waals surface area (Å²) in [6.07, 6.45) is 3.77. The highest BCUT2D eigenvalue weighted by molar-refractivity contribution is 7.98. The number of carbonyl (C=O) groups is 1. The van der Waals surface area contributed by atoms with Gasteiger partial charge in [-0.25, -0.2) is 14.2 Å². The second-order valence-corrected chi connectivity index (χ2v) is 9.11. The predicted octanol–water partition coefficient (Wildman–Crippen LogP) is 4.00. The number of nitrogens with zero attached hydrogens (tertiary/aromatic N) is 3. The topological polar surface area (TPSA) is 97.4 Å². The zero-order valence-corrected chi connectivity index (χ0v) is 18.8. The van der Waals surface area contributed by atoms with Crippen molar-refractivity contribution in [2.45, 2.75) is 56.8 Å². The molecule has 2 aromatic rings. The Morgan fingerprint density at radius 2 is 2.10 bits per heavy atom. The number of amides is 1. The van der Waals surface area contributed by atoms with Crippen molar-refractivity contribution in [3.8, 4) is 5.88 Å². The van der Waals surface area contributed by atoms with Crippen molar-refractivity contribution in [2.24, 2.45) is 0 Å². The number of hydrogen-bond acceptors (Lipinski definition) is 7. The van der Waals surface area contributed by atoms with E-state index in [1.54, 1.807) is 31.9 Å². The SMILES string of the molecule is CSc1nc2c(F)c(Cl)nc(OC[C@@H]3CCCCN3C(=O)OC(C)(C)C)c2c(=O)[nH]1. The van der Waals surface area contributed by atoms with Gasteiger partial charge in [0.1, 0.15) is 23.1 Å². The smallest absolute Gasteiger partial charge is 0.410 e. The third-order valence-corrected chi connectivity index (χ3v) is 5.39. The van der Waals surface area contributed by atoms with E-state index in [2.05, 4.69) is 15.0 Å². The summed E-state index contributed by atoms with van der Waals surface area (Å²) in [5.74, 6) is -0.999. The maximum absolute atomic E-state index is 14.5. The number of ether oxygens (including phenoxy) is 2. The maximum atomic E-state index is 14.5. The number of thioether (sulfide) groups is 1. The summed E-state index contributed by atoms with van der Waals surface area (Å²) in [5.41, 5.74) is -1.39. The van der Waals surface area contributed by atoms with Gasteiger partial charge >= 0.3 is 6.09 Å². The molecule has 0 aliphatic carbocycles. The fourth-order valence-electron chi connectivity index (χ4n) is 3.21. The Morgan fingerprint density at radius 1 is 1.37 bits per heavy atom. The Hall–Kier alpha value is -2.07. The molecular weight excluding hydrogens is 435 g/mol. The van der Waals surface area contributed by atoms with E-state index in [0.717, 1.165) is 12.8 Å².